The van der Waals surface area contributed by atoms with Crippen molar-refractivity contribution in [3.63, 3.8) is 0 Å². The topological polar surface area (TPSA) is 30.5 Å². The number of hydrogen-bond donors (Lipinski definition) is 1. The van der Waals surface area contributed by atoms with Crippen molar-refractivity contribution >= 4 is 0 Å². The molecule has 1 N–H and O–H groups in total. The molecule has 1 unspecified atom stereocenters. The number of methoxy groups -OCH3 is 2. The van der Waals surface area contributed by atoms with E-state index in [2.05, 4.69) is 5.32 Å². The number of ether oxygens (including phenoxy) is 2. The molecule has 1 atom stereocenters. The van der Waals surface area contributed by atoms with Gasteiger partial charge < -0.3 is 14.8 Å². The van der Waals surface area contributed by atoms with Gasteiger partial charge in [-0.3, -0.25) is 0 Å². The SMILES string of the molecule is COc1ccc(CNC(C)c2ccccc2F)c(OC)c1. The van der Waals surface area contributed by atoms with Gasteiger partial charge in [0.1, 0.15) is 17.3 Å². The Labute approximate surface area is 124 Å². The van der Waals surface area contributed by atoms with Crippen LogP contribution in [0.3, 0.4) is 0 Å². The average Bonchev–Trinajstić information content (AvgIpc) is 2.52. The van der Waals surface area contributed by atoms with E-state index in [-0.39, 0.29) is 11.9 Å². The monoisotopic (exact) mass is 289 g/mol. The largest absolute Gasteiger partial charge is 0.497 e. The normalized spacial score (nSPS) is 12.0. The number of hydrogen-bond acceptors (Lipinski definition) is 3. The Morgan fingerprint density at radius 3 is 2.52 bits per heavy atom. The molecule has 0 saturated carbocycles. The first-order chi connectivity index (χ1) is 10.2. The predicted octanol–water partition coefficient (Wildman–Crippen LogP) is 3.69. The van der Waals surface area contributed by atoms with Crippen LogP contribution >= 0.6 is 0 Å². The molecule has 0 aliphatic rings. The van der Waals surface area contributed by atoms with Crippen molar-refractivity contribution < 1.29 is 13.9 Å². The third kappa shape index (κ3) is 3.73. The lowest BCUT2D eigenvalue weighted by Gasteiger charge is -2.17. The lowest BCUT2D eigenvalue weighted by Crippen LogP contribution is -2.19. The summed E-state index contributed by atoms with van der Waals surface area (Å²) in [4.78, 5) is 0. The zero-order valence-corrected chi connectivity index (χ0v) is 12.5. The Balaban J connectivity index is 2.08. The third-order valence-corrected chi connectivity index (χ3v) is 3.46. The maximum absolute atomic E-state index is 13.7. The van der Waals surface area contributed by atoms with Crippen LogP contribution in [0.5, 0.6) is 11.5 Å². The van der Waals surface area contributed by atoms with E-state index in [1.807, 2.05) is 31.2 Å². The summed E-state index contributed by atoms with van der Waals surface area (Å²) in [5, 5.41) is 3.31. The van der Waals surface area contributed by atoms with Crippen LogP contribution in [0.1, 0.15) is 24.1 Å². The zero-order valence-electron chi connectivity index (χ0n) is 12.5. The molecule has 0 radical (unpaired) electrons. The van der Waals surface area contributed by atoms with Crippen LogP contribution in [0.2, 0.25) is 0 Å². The smallest absolute Gasteiger partial charge is 0.127 e. The third-order valence-electron chi connectivity index (χ3n) is 3.46. The Hall–Kier alpha value is -2.07. The van der Waals surface area contributed by atoms with E-state index in [0.717, 1.165) is 17.1 Å². The van der Waals surface area contributed by atoms with Crippen LogP contribution in [0.4, 0.5) is 4.39 Å². The lowest BCUT2D eigenvalue weighted by molar-refractivity contribution is 0.388. The van der Waals surface area contributed by atoms with Crippen LogP contribution < -0.4 is 14.8 Å². The number of nitrogens with one attached hydrogen (secondary N) is 1. The van der Waals surface area contributed by atoms with Crippen LogP contribution in [-0.4, -0.2) is 14.2 Å². The molecule has 0 saturated heterocycles. The maximum atomic E-state index is 13.7. The summed E-state index contributed by atoms with van der Waals surface area (Å²) in [5.41, 5.74) is 1.66. The average molecular weight is 289 g/mol. The fourth-order valence-corrected chi connectivity index (χ4v) is 2.20. The van der Waals surface area contributed by atoms with E-state index in [9.17, 15) is 4.39 Å². The zero-order chi connectivity index (χ0) is 15.2. The summed E-state index contributed by atoms with van der Waals surface area (Å²) in [6, 6.07) is 12.4. The Morgan fingerprint density at radius 1 is 1.10 bits per heavy atom. The summed E-state index contributed by atoms with van der Waals surface area (Å²) in [5.74, 6) is 1.31. The molecule has 2 aromatic carbocycles. The lowest BCUT2D eigenvalue weighted by atomic mass is 10.1. The molecule has 0 aliphatic heterocycles. The molecule has 4 heteroatoms. The molecule has 0 heterocycles. The Morgan fingerprint density at radius 2 is 1.86 bits per heavy atom. The minimum absolute atomic E-state index is 0.0852. The molecule has 2 aromatic rings. The van der Waals surface area contributed by atoms with Gasteiger partial charge in [0.2, 0.25) is 0 Å². The van der Waals surface area contributed by atoms with Gasteiger partial charge in [0, 0.05) is 29.8 Å². The van der Waals surface area contributed by atoms with Crippen LogP contribution in [0.15, 0.2) is 42.5 Å². The van der Waals surface area contributed by atoms with Crippen molar-refractivity contribution in [1.29, 1.82) is 0 Å². The van der Waals surface area contributed by atoms with E-state index in [1.54, 1.807) is 26.4 Å². The molecule has 0 spiro atoms. The summed E-state index contributed by atoms with van der Waals surface area (Å²) < 4.78 is 24.3. The van der Waals surface area contributed by atoms with E-state index >= 15 is 0 Å². The van der Waals surface area contributed by atoms with Crippen molar-refractivity contribution in [3.05, 3.63) is 59.4 Å². The molecule has 0 aliphatic carbocycles. The standard InChI is InChI=1S/C17H20FNO2/c1-12(15-6-4-5-7-16(15)18)19-11-13-8-9-14(20-2)10-17(13)21-3/h4-10,12,19H,11H2,1-3H3. The minimum Gasteiger partial charge on any atom is -0.497 e. The fourth-order valence-electron chi connectivity index (χ4n) is 2.20. The van der Waals surface area contributed by atoms with Gasteiger partial charge in [-0.15, -0.1) is 0 Å². The van der Waals surface area contributed by atoms with Gasteiger partial charge in [0.15, 0.2) is 0 Å². The molecule has 3 nitrogen and oxygen atoms in total. The fraction of sp³-hybridized carbons (Fsp3) is 0.294. The maximum Gasteiger partial charge on any atom is 0.127 e. The van der Waals surface area contributed by atoms with Gasteiger partial charge in [0.05, 0.1) is 14.2 Å². The highest BCUT2D eigenvalue weighted by Crippen LogP contribution is 2.25. The van der Waals surface area contributed by atoms with E-state index in [4.69, 9.17) is 9.47 Å². The van der Waals surface area contributed by atoms with E-state index in [0.29, 0.717) is 12.1 Å². The Kier molecular flexibility index (Phi) is 5.17. The summed E-state index contributed by atoms with van der Waals surface area (Å²) >= 11 is 0. The van der Waals surface area contributed by atoms with Crippen LogP contribution in [0, 0.1) is 5.82 Å². The summed E-state index contributed by atoms with van der Waals surface area (Å²) in [6.07, 6.45) is 0. The van der Waals surface area contributed by atoms with E-state index < -0.39 is 0 Å². The molecule has 0 amide bonds. The molecule has 0 bridgehead atoms. The van der Waals surface area contributed by atoms with Gasteiger partial charge in [-0.2, -0.15) is 0 Å². The van der Waals surface area contributed by atoms with Crippen molar-refractivity contribution in [3.8, 4) is 11.5 Å². The highest BCUT2D eigenvalue weighted by molar-refractivity contribution is 5.40. The molecule has 2 rings (SSSR count). The first-order valence-corrected chi connectivity index (χ1v) is 6.84. The first-order valence-electron chi connectivity index (χ1n) is 6.84. The van der Waals surface area contributed by atoms with Crippen LogP contribution in [0.25, 0.3) is 0 Å². The second-order valence-electron chi connectivity index (χ2n) is 4.80. The van der Waals surface area contributed by atoms with Crippen molar-refractivity contribution in [1.82, 2.24) is 5.32 Å². The summed E-state index contributed by atoms with van der Waals surface area (Å²) in [6.45, 7) is 2.52. The van der Waals surface area contributed by atoms with Gasteiger partial charge in [0.25, 0.3) is 0 Å². The number of benzene rings is 2. The second-order valence-corrected chi connectivity index (χ2v) is 4.80. The molecular weight excluding hydrogens is 269 g/mol. The predicted molar refractivity (Wildman–Crippen MR) is 81.2 cm³/mol. The van der Waals surface area contributed by atoms with Crippen molar-refractivity contribution in [2.75, 3.05) is 14.2 Å². The van der Waals surface area contributed by atoms with Crippen LogP contribution in [-0.2, 0) is 6.54 Å². The highest BCUT2D eigenvalue weighted by atomic mass is 19.1. The quantitative estimate of drug-likeness (QED) is 0.879. The Bertz CT molecular complexity index is 601. The molecule has 0 fully saturated rings. The molecular formula is C17H20FNO2. The van der Waals surface area contributed by atoms with Crippen molar-refractivity contribution in [2.45, 2.75) is 19.5 Å². The second kappa shape index (κ2) is 7.09. The molecule has 112 valence electrons. The first kappa shape index (κ1) is 15.3. The number of halogens is 1. The number of rotatable bonds is 6. The minimum atomic E-state index is -0.195. The van der Waals surface area contributed by atoms with Crippen molar-refractivity contribution in [2.24, 2.45) is 0 Å². The molecule has 0 aromatic heterocycles. The summed E-state index contributed by atoms with van der Waals surface area (Å²) in [7, 11) is 3.24. The van der Waals surface area contributed by atoms with Gasteiger partial charge in [-0.1, -0.05) is 24.3 Å². The van der Waals surface area contributed by atoms with Gasteiger partial charge >= 0.3 is 0 Å². The van der Waals surface area contributed by atoms with E-state index in [1.165, 1.54) is 6.07 Å². The molecule has 21 heavy (non-hydrogen) atoms. The van der Waals surface area contributed by atoms with Gasteiger partial charge in [-0.05, 0) is 19.1 Å². The van der Waals surface area contributed by atoms with Gasteiger partial charge in [-0.25, -0.2) is 4.39 Å². The highest BCUT2D eigenvalue weighted by Gasteiger charge is 2.11.